The molecule has 0 unspecified atom stereocenters. The van der Waals surface area contributed by atoms with Gasteiger partial charge >= 0.3 is 0 Å². The summed E-state index contributed by atoms with van der Waals surface area (Å²) >= 11 is 0. The Balaban J connectivity index is 1.84. The van der Waals surface area contributed by atoms with Crippen LogP contribution < -0.4 is 9.47 Å². The van der Waals surface area contributed by atoms with Crippen molar-refractivity contribution in [3.63, 3.8) is 0 Å². The second kappa shape index (κ2) is 6.57. The molecule has 1 aromatic heterocycles. The van der Waals surface area contributed by atoms with Crippen LogP contribution in [0.25, 0.3) is 11.0 Å². The number of methoxy groups -OCH3 is 1. The van der Waals surface area contributed by atoms with E-state index in [0.29, 0.717) is 11.5 Å². The van der Waals surface area contributed by atoms with Crippen molar-refractivity contribution in [1.29, 1.82) is 0 Å². The van der Waals surface area contributed by atoms with Gasteiger partial charge in [0.25, 0.3) is 0 Å². The van der Waals surface area contributed by atoms with Crippen molar-refractivity contribution in [2.75, 3.05) is 7.11 Å². The lowest BCUT2D eigenvalue weighted by molar-refractivity contribution is 0.208. The molecular weight excluding hydrogens is 288 g/mol. The monoisotopic (exact) mass is 308 g/mol. The maximum atomic E-state index is 6.04. The molecule has 0 fully saturated rings. The van der Waals surface area contributed by atoms with E-state index < -0.39 is 0 Å². The quantitative estimate of drug-likeness (QED) is 0.685. The lowest BCUT2D eigenvalue weighted by atomic mass is 10.1. The summed E-state index contributed by atoms with van der Waals surface area (Å²) in [7, 11) is 1.64. The molecular formula is C19H20N2O2. The van der Waals surface area contributed by atoms with Crippen LogP contribution in [0.15, 0.2) is 55.1 Å². The average Bonchev–Trinajstić information content (AvgIpc) is 3.00. The van der Waals surface area contributed by atoms with E-state index >= 15 is 0 Å². The van der Waals surface area contributed by atoms with Crippen molar-refractivity contribution in [2.45, 2.75) is 19.4 Å². The van der Waals surface area contributed by atoms with Gasteiger partial charge in [0, 0.05) is 0 Å². The van der Waals surface area contributed by atoms with E-state index in [9.17, 15) is 0 Å². The summed E-state index contributed by atoms with van der Waals surface area (Å²) in [6.45, 7) is 5.73. The van der Waals surface area contributed by atoms with E-state index in [2.05, 4.69) is 16.5 Å². The highest BCUT2D eigenvalue weighted by Crippen LogP contribution is 2.32. The number of benzene rings is 2. The average molecular weight is 308 g/mol. The van der Waals surface area contributed by atoms with Crippen LogP contribution >= 0.6 is 0 Å². The molecule has 0 bridgehead atoms. The molecule has 23 heavy (non-hydrogen) atoms. The number of fused-ring (bicyclic) bond motifs is 1. The molecule has 3 rings (SSSR count). The third-order valence-electron chi connectivity index (χ3n) is 3.70. The summed E-state index contributed by atoms with van der Waals surface area (Å²) in [5.74, 6) is 2.21. The predicted molar refractivity (Wildman–Crippen MR) is 92.0 cm³/mol. The molecule has 3 aromatic rings. The zero-order chi connectivity index (χ0) is 16.2. The minimum absolute atomic E-state index is 0.207. The Morgan fingerprint density at radius 3 is 2.78 bits per heavy atom. The largest absolute Gasteiger partial charge is 0.493 e. The van der Waals surface area contributed by atoms with E-state index in [-0.39, 0.29) is 6.10 Å². The zero-order valence-corrected chi connectivity index (χ0v) is 13.4. The number of nitrogens with zero attached hydrogens (tertiary/aromatic N) is 1. The number of imidazole rings is 1. The predicted octanol–water partition coefficient (Wildman–Crippen LogP) is 4.44. The molecule has 0 aliphatic carbocycles. The smallest absolute Gasteiger partial charge is 0.162 e. The second-order valence-electron chi connectivity index (χ2n) is 5.38. The SMILES string of the molecule is C=CCc1ccc(O[C@H](C)c2nc3ccccc3[nH]2)c(OC)c1. The summed E-state index contributed by atoms with van der Waals surface area (Å²) in [6, 6.07) is 13.9. The highest BCUT2D eigenvalue weighted by molar-refractivity contribution is 5.74. The van der Waals surface area contributed by atoms with E-state index in [0.717, 1.165) is 28.8 Å². The molecule has 0 saturated heterocycles. The van der Waals surface area contributed by atoms with Gasteiger partial charge in [-0.3, -0.25) is 0 Å². The number of ether oxygens (including phenoxy) is 2. The first-order chi connectivity index (χ1) is 11.2. The number of para-hydroxylation sites is 2. The van der Waals surface area contributed by atoms with E-state index in [1.165, 1.54) is 0 Å². The van der Waals surface area contributed by atoms with Gasteiger partial charge in [-0.05, 0) is 43.2 Å². The summed E-state index contributed by atoms with van der Waals surface area (Å²) in [5.41, 5.74) is 3.08. The van der Waals surface area contributed by atoms with Gasteiger partial charge in [0.2, 0.25) is 0 Å². The Hall–Kier alpha value is -2.75. The van der Waals surface area contributed by atoms with Crippen molar-refractivity contribution in [1.82, 2.24) is 9.97 Å². The first kappa shape index (κ1) is 15.2. The Morgan fingerprint density at radius 1 is 1.22 bits per heavy atom. The van der Waals surface area contributed by atoms with Crippen LogP contribution in [0.3, 0.4) is 0 Å². The Kier molecular flexibility index (Phi) is 4.33. The number of allylic oxidation sites excluding steroid dienone is 1. The van der Waals surface area contributed by atoms with E-state index in [1.54, 1.807) is 7.11 Å². The minimum atomic E-state index is -0.207. The van der Waals surface area contributed by atoms with Gasteiger partial charge in [0.1, 0.15) is 5.82 Å². The van der Waals surface area contributed by atoms with Crippen LogP contribution in [0, 0.1) is 0 Å². The number of aromatic nitrogens is 2. The summed E-state index contributed by atoms with van der Waals surface area (Å²) < 4.78 is 11.5. The molecule has 0 aliphatic rings. The number of H-pyrrole nitrogens is 1. The van der Waals surface area contributed by atoms with Crippen molar-refractivity contribution in [3.8, 4) is 11.5 Å². The van der Waals surface area contributed by atoms with Gasteiger partial charge in [0.05, 0.1) is 18.1 Å². The van der Waals surface area contributed by atoms with E-state index in [1.807, 2.05) is 55.5 Å². The number of hydrogen-bond donors (Lipinski definition) is 1. The van der Waals surface area contributed by atoms with Crippen LogP contribution in [0.4, 0.5) is 0 Å². The molecule has 0 spiro atoms. The summed E-state index contributed by atoms with van der Waals surface area (Å²) in [4.78, 5) is 7.87. The fraction of sp³-hybridized carbons (Fsp3) is 0.211. The van der Waals surface area contributed by atoms with Crippen LogP contribution in [-0.2, 0) is 6.42 Å². The first-order valence-electron chi connectivity index (χ1n) is 7.60. The van der Waals surface area contributed by atoms with Crippen LogP contribution in [0.1, 0.15) is 24.4 Å². The standard InChI is InChI=1S/C19H20N2O2/c1-4-7-14-10-11-17(18(12-14)22-3)23-13(2)19-20-15-8-5-6-9-16(15)21-19/h4-6,8-13H,1,7H2,2-3H3,(H,20,21)/t13-/m1/s1. The van der Waals surface area contributed by atoms with Crippen LogP contribution in [0.2, 0.25) is 0 Å². The topological polar surface area (TPSA) is 47.1 Å². The molecule has 4 nitrogen and oxygen atoms in total. The van der Waals surface area contributed by atoms with Gasteiger partial charge in [-0.15, -0.1) is 6.58 Å². The number of nitrogens with one attached hydrogen (secondary N) is 1. The molecule has 1 N–H and O–H groups in total. The van der Waals surface area contributed by atoms with Crippen LogP contribution in [-0.4, -0.2) is 17.1 Å². The zero-order valence-electron chi connectivity index (χ0n) is 13.4. The molecule has 1 atom stereocenters. The summed E-state index contributed by atoms with van der Waals surface area (Å²) in [6.07, 6.45) is 2.46. The minimum Gasteiger partial charge on any atom is -0.493 e. The maximum Gasteiger partial charge on any atom is 0.162 e. The highest BCUT2D eigenvalue weighted by atomic mass is 16.5. The van der Waals surface area contributed by atoms with Gasteiger partial charge in [-0.2, -0.15) is 0 Å². The molecule has 4 heteroatoms. The molecule has 0 saturated carbocycles. The molecule has 0 aliphatic heterocycles. The third kappa shape index (κ3) is 3.21. The van der Waals surface area contributed by atoms with Crippen molar-refractivity contribution in [3.05, 3.63) is 66.5 Å². The van der Waals surface area contributed by atoms with E-state index in [4.69, 9.17) is 9.47 Å². The number of rotatable bonds is 6. The number of aromatic amines is 1. The van der Waals surface area contributed by atoms with Gasteiger partial charge < -0.3 is 14.5 Å². The van der Waals surface area contributed by atoms with Gasteiger partial charge in [-0.25, -0.2) is 4.98 Å². The Morgan fingerprint density at radius 2 is 2.04 bits per heavy atom. The highest BCUT2D eigenvalue weighted by Gasteiger charge is 2.15. The molecule has 0 amide bonds. The van der Waals surface area contributed by atoms with Crippen molar-refractivity contribution in [2.24, 2.45) is 0 Å². The molecule has 1 heterocycles. The van der Waals surface area contributed by atoms with Crippen molar-refractivity contribution < 1.29 is 9.47 Å². The normalized spacial score (nSPS) is 12.1. The lowest BCUT2D eigenvalue weighted by Gasteiger charge is -2.16. The fourth-order valence-corrected chi connectivity index (χ4v) is 2.51. The first-order valence-corrected chi connectivity index (χ1v) is 7.60. The third-order valence-corrected chi connectivity index (χ3v) is 3.70. The lowest BCUT2D eigenvalue weighted by Crippen LogP contribution is -2.06. The second-order valence-corrected chi connectivity index (χ2v) is 5.38. The maximum absolute atomic E-state index is 6.04. The number of hydrogen-bond acceptors (Lipinski definition) is 3. The molecule has 118 valence electrons. The van der Waals surface area contributed by atoms with Crippen LogP contribution in [0.5, 0.6) is 11.5 Å². The Bertz CT molecular complexity index is 790. The fourth-order valence-electron chi connectivity index (χ4n) is 2.51. The molecule has 2 aromatic carbocycles. The molecule has 0 radical (unpaired) electrons. The van der Waals surface area contributed by atoms with Crippen molar-refractivity contribution >= 4 is 11.0 Å². The van der Waals surface area contributed by atoms with Gasteiger partial charge in [0.15, 0.2) is 17.6 Å². The Labute approximate surface area is 135 Å². The van der Waals surface area contributed by atoms with Gasteiger partial charge in [-0.1, -0.05) is 24.3 Å². The summed E-state index contributed by atoms with van der Waals surface area (Å²) in [5, 5.41) is 0.